The van der Waals surface area contributed by atoms with Crippen molar-refractivity contribution < 1.29 is 14.3 Å². The van der Waals surface area contributed by atoms with Crippen molar-refractivity contribution in [1.29, 1.82) is 0 Å². The van der Waals surface area contributed by atoms with Crippen LogP contribution in [0.5, 0.6) is 0 Å². The van der Waals surface area contributed by atoms with Gasteiger partial charge in [-0.15, -0.1) is 0 Å². The van der Waals surface area contributed by atoms with Crippen LogP contribution >= 0.6 is 22.6 Å². The molecule has 5 heteroatoms. The number of halogens is 1. The first kappa shape index (κ1) is 12.6. The minimum Gasteiger partial charge on any atom is -0.385 e. The summed E-state index contributed by atoms with van der Waals surface area (Å²) in [5, 5.41) is 0. The van der Waals surface area contributed by atoms with Crippen LogP contribution in [0.1, 0.15) is 26.2 Å². The van der Waals surface area contributed by atoms with Gasteiger partial charge in [-0.1, -0.05) is 0 Å². The van der Waals surface area contributed by atoms with Gasteiger partial charge in [0, 0.05) is 19.6 Å². The van der Waals surface area contributed by atoms with Gasteiger partial charge < -0.3 is 14.4 Å². The number of methoxy groups -OCH3 is 1. The van der Waals surface area contributed by atoms with Gasteiger partial charge in [0.15, 0.2) is 3.73 Å². The Hall–Kier alpha value is 0.120. The van der Waals surface area contributed by atoms with Crippen molar-refractivity contribution >= 4 is 28.5 Å². The van der Waals surface area contributed by atoms with Gasteiger partial charge in [0.05, 0.1) is 12.6 Å². The van der Waals surface area contributed by atoms with Gasteiger partial charge in [0.25, 0.3) is 0 Å². The fourth-order valence-corrected chi connectivity index (χ4v) is 3.42. The Kier molecular flexibility index (Phi) is 3.75. The largest absolute Gasteiger partial charge is 0.385 e. The van der Waals surface area contributed by atoms with Crippen LogP contribution in [0.4, 0.5) is 0 Å². The van der Waals surface area contributed by atoms with E-state index in [1.807, 2.05) is 11.8 Å². The van der Waals surface area contributed by atoms with Crippen molar-refractivity contribution in [2.24, 2.45) is 5.92 Å². The minimum absolute atomic E-state index is 0.179. The molecule has 0 saturated carbocycles. The van der Waals surface area contributed by atoms with E-state index in [-0.39, 0.29) is 11.8 Å². The molecule has 0 aliphatic carbocycles. The van der Waals surface area contributed by atoms with Crippen LogP contribution in [-0.2, 0) is 14.3 Å². The molecule has 0 aromatic heterocycles. The molecule has 0 bridgehead atoms. The smallest absolute Gasteiger partial charge is 0.228 e. The summed E-state index contributed by atoms with van der Waals surface area (Å²) in [4.78, 5) is 14.1. The van der Waals surface area contributed by atoms with Gasteiger partial charge in [-0.3, -0.25) is 4.79 Å². The summed E-state index contributed by atoms with van der Waals surface area (Å²) in [5.41, 5.74) is 0. The number of carbonyl (C=O) groups is 1. The molecule has 0 N–H and O–H groups in total. The molecule has 2 fully saturated rings. The lowest BCUT2D eigenvalue weighted by Gasteiger charge is -2.27. The van der Waals surface area contributed by atoms with E-state index >= 15 is 0 Å². The molecule has 0 spiro atoms. The zero-order valence-electron chi connectivity index (χ0n) is 9.74. The second-order valence-electron chi connectivity index (χ2n) is 4.61. The first-order valence-corrected chi connectivity index (χ1v) is 6.79. The molecule has 3 atom stereocenters. The zero-order chi connectivity index (χ0) is 11.8. The van der Waals surface area contributed by atoms with Crippen molar-refractivity contribution in [3.8, 4) is 0 Å². The molecule has 92 valence electrons. The van der Waals surface area contributed by atoms with Gasteiger partial charge in [-0.25, -0.2) is 0 Å². The molecule has 0 aromatic rings. The number of alkyl halides is 1. The lowest BCUT2D eigenvalue weighted by molar-refractivity contribution is -0.137. The van der Waals surface area contributed by atoms with Crippen molar-refractivity contribution in [2.45, 2.75) is 36.0 Å². The van der Waals surface area contributed by atoms with Crippen molar-refractivity contribution in [1.82, 2.24) is 4.90 Å². The second-order valence-corrected chi connectivity index (χ2v) is 6.61. The number of nitrogens with zero attached hydrogens (tertiary/aromatic N) is 1. The Morgan fingerprint density at radius 2 is 2.44 bits per heavy atom. The van der Waals surface area contributed by atoms with Crippen molar-refractivity contribution in [3.05, 3.63) is 0 Å². The van der Waals surface area contributed by atoms with Gasteiger partial charge in [-0.05, 0) is 48.8 Å². The highest BCUT2D eigenvalue weighted by Gasteiger charge is 2.52. The van der Waals surface area contributed by atoms with E-state index in [0.29, 0.717) is 12.6 Å². The quantitative estimate of drug-likeness (QED) is 0.339. The molecule has 2 aliphatic heterocycles. The Bertz CT molecular complexity index is 282. The molecule has 1 unspecified atom stereocenters. The summed E-state index contributed by atoms with van der Waals surface area (Å²) in [6.45, 7) is 3.39. The molecule has 0 aromatic carbocycles. The van der Waals surface area contributed by atoms with E-state index in [4.69, 9.17) is 9.47 Å². The Morgan fingerprint density at radius 3 is 3.06 bits per heavy atom. The maximum Gasteiger partial charge on any atom is 0.228 e. The predicted octanol–water partition coefficient (Wildman–Crippen LogP) is 1.77. The third kappa shape index (κ3) is 2.22. The highest BCUT2D eigenvalue weighted by molar-refractivity contribution is 14.1. The molecule has 2 saturated heterocycles. The molecular formula is C11H18INO3. The summed E-state index contributed by atoms with van der Waals surface area (Å²) >= 11 is 2.21. The van der Waals surface area contributed by atoms with Crippen LogP contribution in [0.3, 0.4) is 0 Å². The molecule has 16 heavy (non-hydrogen) atoms. The van der Waals surface area contributed by atoms with Crippen LogP contribution in [0.25, 0.3) is 0 Å². The van der Waals surface area contributed by atoms with E-state index in [2.05, 4.69) is 22.6 Å². The lowest BCUT2D eigenvalue weighted by Crippen LogP contribution is -2.41. The zero-order valence-corrected chi connectivity index (χ0v) is 11.9. The number of carbonyl (C=O) groups excluding carboxylic acids is 1. The van der Waals surface area contributed by atoms with Crippen molar-refractivity contribution in [3.63, 3.8) is 0 Å². The average molecular weight is 339 g/mol. The fourth-order valence-electron chi connectivity index (χ4n) is 2.61. The van der Waals surface area contributed by atoms with Crippen LogP contribution in [-0.4, -0.2) is 40.9 Å². The summed E-state index contributed by atoms with van der Waals surface area (Å²) in [5.74, 6) is 0.439. The lowest BCUT2D eigenvalue weighted by atomic mass is 10.00. The summed E-state index contributed by atoms with van der Waals surface area (Å²) < 4.78 is 10.2. The van der Waals surface area contributed by atoms with E-state index in [9.17, 15) is 4.79 Å². The Morgan fingerprint density at radius 1 is 1.69 bits per heavy atom. The van der Waals surface area contributed by atoms with E-state index in [0.717, 1.165) is 25.9 Å². The van der Waals surface area contributed by atoms with Crippen molar-refractivity contribution in [2.75, 3.05) is 20.3 Å². The third-order valence-corrected chi connectivity index (χ3v) is 4.21. The summed E-state index contributed by atoms with van der Waals surface area (Å²) in [6, 6.07) is 0.293. The molecular weight excluding hydrogens is 321 g/mol. The average Bonchev–Trinajstić information content (AvgIpc) is 2.68. The van der Waals surface area contributed by atoms with Gasteiger partial charge in [0.1, 0.15) is 0 Å². The monoisotopic (exact) mass is 339 g/mol. The van der Waals surface area contributed by atoms with Crippen LogP contribution in [0.2, 0.25) is 0 Å². The Labute approximate surface area is 110 Å². The highest BCUT2D eigenvalue weighted by Crippen LogP contribution is 2.42. The number of fused-ring (bicyclic) bond motifs is 1. The molecule has 2 heterocycles. The van der Waals surface area contributed by atoms with Gasteiger partial charge >= 0.3 is 0 Å². The summed E-state index contributed by atoms with van der Waals surface area (Å²) in [6.07, 6.45) is 2.85. The van der Waals surface area contributed by atoms with Crippen LogP contribution in [0, 0.1) is 5.92 Å². The Balaban J connectivity index is 1.94. The second kappa shape index (κ2) is 4.78. The first-order valence-electron chi connectivity index (χ1n) is 5.71. The molecule has 2 rings (SSSR count). The van der Waals surface area contributed by atoms with E-state index < -0.39 is 3.73 Å². The number of hydrogen-bond donors (Lipinski definition) is 0. The fraction of sp³-hybridized carbons (Fsp3) is 0.909. The summed E-state index contributed by atoms with van der Waals surface area (Å²) in [7, 11) is 1.70. The number of rotatable bonds is 4. The van der Waals surface area contributed by atoms with E-state index in [1.165, 1.54) is 0 Å². The number of ether oxygens (including phenoxy) is 2. The molecule has 2 aliphatic rings. The van der Waals surface area contributed by atoms with Gasteiger partial charge in [-0.2, -0.15) is 0 Å². The topological polar surface area (TPSA) is 38.8 Å². The first-order chi connectivity index (χ1) is 7.56. The predicted molar refractivity (Wildman–Crippen MR) is 68.2 cm³/mol. The molecule has 4 nitrogen and oxygen atoms in total. The normalized spacial score (nSPS) is 38.2. The highest BCUT2D eigenvalue weighted by atomic mass is 127. The molecule has 1 amide bonds. The van der Waals surface area contributed by atoms with Gasteiger partial charge in [0.2, 0.25) is 5.91 Å². The van der Waals surface area contributed by atoms with Crippen LogP contribution < -0.4 is 0 Å². The number of amides is 1. The number of hydrogen-bond acceptors (Lipinski definition) is 3. The third-order valence-electron chi connectivity index (χ3n) is 3.38. The molecule has 0 radical (unpaired) electrons. The van der Waals surface area contributed by atoms with Crippen LogP contribution in [0.15, 0.2) is 0 Å². The maximum absolute atomic E-state index is 12.2. The SMILES string of the molecule is COCCC[C@@H]1C[C@H]2COC(C)(I)N2C1=O. The van der Waals surface area contributed by atoms with E-state index in [1.54, 1.807) is 7.11 Å². The standard InChI is InChI=1S/C11H18INO3/c1-11(12)13-9(7-16-11)6-8(10(13)14)4-3-5-15-2/h8-9H,3-7H2,1-2H3/t8-,9+,11?/m1/s1. The maximum atomic E-state index is 12.2. The minimum atomic E-state index is -0.435.